The van der Waals surface area contributed by atoms with Gasteiger partial charge in [0.25, 0.3) is 0 Å². The molecule has 1 aromatic rings. The van der Waals surface area contributed by atoms with E-state index in [1.165, 1.54) is 0 Å². The van der Waals surface area contributed by atoms with E-state index in [2.05, 4.69) is 11.9 Å². The number of benzene rings is 1. The topological polar surface area (TPSA) is 41.5 Å². The first kappa shape index (κ1) is 14.1. The van der Waals surface area contributed by atoms with Crippen molar-refractivity contribution in [3.63, 3.8) is 0 Å². The van der Waals surface area contributed by atoms with Crippen LogP contribution in [0.3, 0.4) is 0 Å². The second-order valence-electron chi connectivity index (χ2n) is 5.24. The molecule has 0 spiro atoms. The second-order valence-corrected chi connectivity index (χ2v) is 5.24. The molecule has 1 aromatic carbocycles. The summed E-state index contributed by atoms with van der Waals surface area (Å²) in [7, 11) is 0. The van der Waals surface area contributed by atoms with Gasteiger partial charge in [-0.1, -0.05) is 43.7 Å². The third-order valence-corrected chi connectivity index (χ3v) is 3.63. The maximum absolute atomic E-state index is 10.3. The quantitative estimate of drug-likeness (QED) is 0.741. The van der Waals surface area contributed by atoms with Gasteiger partial charge in [0.05, 0.1) is 5.60 Å². The van der Waals surface area contributed by atoms with E-state index in [4.69, 9.17) is 4.74 Å². The van der Waals surface area contributed by atoms with Crippen LogP contribution in [0.1, 0.15) is 31.2 Å². The van der Waals surface area contributed by atoms with Crippen LogP contribution in [0.2, 0.25) is 0 Å². The molecule has 2 rings (SSSR count). The van der Waals surface area contributed by atoms with E-state index in [9.17, 15) is 5.11 Å². The van der Waals surface area contributed by atoms with Gasteiger partial charge in [-0.15, -0.1) is 0 Å². The van der Waals surface area contributed by atoms with E-state index in [1.807, 2.05) is 24.3 Å². The summed E-state index contributed by atoms with van der Waals surface area (Å²) in [6.07, 6.45) is 5.84. The number of hydrogen-bond donors (Lipinski definition) is 2. The lowest BCUT2D eigenvalue weighted by Crippen LogP contribution is -2.37. The Hall–Kier alpha value is -1.32. The third-order valence-electron chi connectivity index (χ3n) is 3.63. The molecule has 0 saturated heterocycles. The van der Waals surface area contributed by atoms with E-state index in [0.717, 1.165) is 43.5 Å². The van der Waals surface area contributed by atoms with Crippen molar-refractivity contribution in [2.45, 2.75) is 37.8 Å². The van der Waals surface area contributed by atoms with E-state index in [-0.39, 0.29) is 0 Å². The lowest BCUT2D eigenvalue weighted by Gasteiger charge is -2.22. The summed E-state index contributed by atoms with van der Waals surface area (Å²) in [6.45, 7) is 5.54. The van der Waals surface area contributed by atoms with Gasteiger partial charge in [0.2, 0.25) is 0 Å². The first-order valence-electron chi connectivity index (χ1n) is 6.98. The largest absolute Gasteiger partial charge is 0.489 e. The summed E-state index contributed by atoms with van der Waals surface area (Å²) in [5.41, 5.74) is 0.614. The summed E-state index contributed by atoms with van der Waals surface area (Å²) < 4.78 is 5.61. The monoisotopic (exact) mass is 261 g/mol. The average Bonchev–Trinajstić information content (AvgIpc) is 2.85. The molecule has 1 aliphatic rings. The molecule has 1 fully saturated rings. The highest BCUT2D eigenvalue weighted by molar-refractivity contribution is 5.33. The van der Waals surface area contributed by atoms with Crippen LogP contribution in [0.5, 0.6) is 5.75 Å². The Balaban J connectivity index is 1.86. The maximum atomic E-state index is 10.3. The fraction of sp³-hybridized carbons (Fsp3) is 0.500. The van der Waals surface area contributed by atoms with Crippen molar-refractivity contribution >= 4 is 0 Å². The molecule has 0 radical (unpaired) electrons. The predicted molar refractivity (Wildman–Crippen MR) is 77.3 cm³/mol. The molecular weight excluding hydrogens is 238 g/mol. The highest BCUT2D eigenvalue weighted by atomic mass is 16.5. The van der Waals surface area contributed by atoms with Gasteiger partial charge in [0, 0.05) is 18.7 Å². The predicted octanol–water partition coefficient (Wildman–Crippen LogP) is 2.65. The molecule has 0 aromatic heterocycles. The van der Waals surface area contributed by atoms with E-state index in [0.29, 0.717) is 13.2 Å². The van der Waals surface area contributed by atoms with Gasteiger partial charge in [-0.25, -0.2) is 0 Å². The Kier molecular flexibility index (Phi) is 5.00. The molecule has 0 atom stereocenters. The number of hydrogen-bond acceptors (Lipinski definition) is 3. The Morgan fingerprint density at radius 3 is 2.79 bits per heavy atom. The molecule has 1 saturated carbocycles. The first-order valence-corrected chi connectivity index (χ1v) is 6.98. The summed E-state index contributed by atoms with van der Waals surface area (Å²) in [5, 5.41) is 13.6. The lowest BCUT2D eigenvalue weighted by atomic mass is 10.0. The zero-order valence-corrected chi connectivity index (χ0v) is 11.4. The fourth-order valence-electron chi connectivity index (χ4n) is 2.58. The first-order chi connectivity index (χ1) is 9.23. The van der Waals surface area contributed by atoms with Crippen molar-refractivity contribution in [1.82, 2.24) is 5.32 Å². The molecule has 0 unspecified atom stereocenters. The summed E-state index contributed by atoms with van der Waals surface area (Å²) in [6, 6.07) is 7.98. The molecule has 0 aliphatic heterocycles. The van der Waals surface area contributed by atoms with Crippen LogP contribution >= 0.6 is 0 Å². The van der Waals surface area contributed by atoms with Gasteiger partial charge in [0.15, 0.2) is 0 Å². The van der Waals surface area contributed by atoms with E-state index >= 15 is 0 Å². The molecule has 0 heterocycles. The smallest absolute Gasteiger partial charge is 0.124 e. The molecule has 3 heteroatoms. The zero-order chi connectivity index (χ0) is 13.6. The van der Waals surface area contributed by atoms with Crippen molar-refractivity contribution in [3.05, 3.63) is 42.5 Å². The third kappa shape index (κ3) is 4.08. The van der Waals surface area contributed by atoms with Crippen LogP contribution in [-0.2, 0) is 6.54 Å². The van der Waals surface area contributed by atoms with Gasteiger partial charge in [-0.3, -0.25) is 0 Å². The Labute approximate surface area is 115 Å². The van der Waals surface area contributed by atoms with Crippen molar-refractivity contribution in [1.29, 1.82) is 0 Å². The lowest BCUT2D eigenvalue weighted by molar-refractivity contribution is 0.0474. The Morgan fingerprint density at radius 2 is 2.05 bits per heavy atom. The van der Waals surface area contributed by atoms with Crippen LogP contribution in [0.25, 0.3) is 0 Å². The number of para-hydroxylation sites is 1. The molecule has 2 N–H and O–H groups in total. The summed E-state index contributed by atoms with van der Waals surface area (Å²) in [4.78, 5) is 0. The van der Waals surface area contributed by atoms with Crippen LogP contribution < -0.4 is 10.1 Å². The summed E-state index contributed by atoms with van der Waals surface area (Å²) >= 11 is 0. The molecule has 0 amide bonds. The minimum absolute atomic E-state index is 0.503. The SMILES string of the molecule is C=CCOc1ccccc1CNCC1(O)CCCC1. The number of aliphatic hydroxyl groups is 1. The van der Waals surface area contributed by atoms with E-state index in [1.54, 1.807) is 6.08 Å². The highest BCUT2D eigenvalue weighted by Gasteiger charge is 2.30. The minimum Gasteiger partial charge on any atom is -0.489 e. The normalized spacial score (nSPS) is 17.3. The number of nitrogens with one attached hydrogen (secondary N) is 1. The second kappa shape index (κ2) is 6.73. The van der Waals surface area contributed by atoms with Crippen molar-refractivity contribution in [2.24, 2.45) is 0 Å². The maximum Gasteiger partial charge on any atom is 0.124 e. The van der Waals surface area contributed by atoms with Gasteiger partial charge < -0.3 is 15.2 Å². The highest BCUT2D eigenvalue weighted by Crippen LogP contribution is 2.28. The van der Waals surface area contributed by atoms with Crippen LogP contribution in [0.4, 0.5) is 0 Å². The average molecular weight is 261 g/mol. The molecule has 19 heavy (non-hydrogen) atoms. The molecule has 0 bridgehead atoms. The van der Waals surface area contributed by atoms with Gasteiger partial charge >= 0.3 is 0 Å². The van der Waals surface area contributed by atoms with Crippen LogP contribution in [0.15, 0.2) is 36.9 Å². The molecule has 1 aliphatic carbocycles. The Bertz CT molecular complexity index is 411. The Morgan fingerprint density at radius 1 is 1.32 bits per heavy atom. The van der Waals surface area contributed by atoms with Gasteiger partial charge in [-0.2, -0.15) is 0 Å². The van der Waals surface area contributed by atoms with Crippen molar-refractivity contribution in [3.8, 4) is 5.75 Å². The fourth-order valence-corrected chi connectivity index (χ4v) is 2.58. The molecular formula is C16H23NO2. The molecule has 104 valence electrons. The van der Waals surface area contributed by atoms with Crippen LogP contribution in [0, 0.1) is 0 Å². The standard InChI is InChI=1S/C16H23NO2/c1-2-11-19-15-8-4-3-7-14(15)12-17-13-16(18)9-5-6-10-16/h2-4,7-8,17-18H,1,5-6,9-13H2. The number of rotatable bonds is 7. The summed E-state index contributed by atoms with van der Waals surface area (Å²) in [5.74, 6) is 0.883. The van der Waals surface area contributed by atoms with Crippen molar-refractivity contribution < 1.29 is 9.84 Å². The zero-order valence-electron chi connectivity index (χ0n) is 11.4. The number of ether oxygens (including phenoxy) is 1. The van der Waals surface area contributed by atoms with E-state index < -0.39 is 5.60 Å². The van der Waals surface area contributed by atoms with Gasteiger partial charge in [0.1, 0.15) is 12.4 Å². The van der Waals surface area contributed by atoms with Crippen LogP contribution in [-0.4, -0.2) is 23.9 Å². The molecule has 3 nitrogen and oxygen atoms in total. The van der Waals surface area contributed by atoms with Crippen molar-refractivity contribution in [2.75, 3.05) is 13.2 Å². The van der Waals surface area contributed by atoms with Gasteiger partial charge in [-0.05, 0) is 18.9 Å². The minimum atomic E-state index is -0.503.